The van der Waals surface area contributed by atoms with E-state index in [-0.39, 0.29) is 11.1 Å². The van der Waals surface area contributed by atoms with Crippen LogP contribution < -0.4 is 4.74 Å². The van der Waals surface area contributed by atoms with E-state index in [2.05, 4.69) is 0 Å². The van der Waals surface area contributed by atoms with Crippen LogP contribution in [-0.2, 0) is 9.59 Å². The number of hydrogen-bond acceptors (Lipinski definition) is 9. The number of aliphatic hydroxyl groups is 3. The molecule has 1 aliphatic carbocycles. The number of aromatic hydroxyl groups is 2. The van der Waals surface area contributed by atoms with Crippen molar-refractivity contribution in [3.05, 3.63) is 17.2 Å². The fraction of sp³-hybridized carbons (Fsp3) is 0.550. The summed E-state index contributed by atoms with van der Waals surface area (Å²) in [6.07, 6.45) is -0.600. The Morgan fingerprint density at radius 1 is 1.10 bits per heavy atom. The summed E-state index contributed by atoms with van der Waals surface area (Å²) >= 11 is 0. The van der Waals surface area contributed by atoms with Gasteiger partial charge in [-0.05, 0) is 6.07 Å². The molecular weight excluding hydrogens is 384 g/mol. The Balaban J connectivity index is 2.36. The molecule has 2 aliphatic rings. The number of hydrogen-bond donors (Lipinski definition) is 5. The van der Waals surface area contributed by atoms with E-state index >= 15 is 0 Å². The predicted octanol–water partition coefficient (Wildman–Crippen LogP) is 0.596. The van der Waals surface area contributed by atoms with Gasteiger partial charge >= 0.3 is 0 Å². The van der Waals surface area contributed by atoms with Crippen molar-refractivity contribution in [3.8, 4) is 17.2 Å². The largest absolute Gasteiger partial charge is 0.504 e. The normalized spacial score (nSPS) is 27.6. The quantitative estimate of drug-likeness (QED) is 0.273. The fourth-order valence-corrected chi connectivity index (χ4v) is 4.11. The Hall–Kier alpha value is -2.49. The van der Waals surface area contributed by atoms with E-state index in [1.54, 1.807) is 27.7 Å². The minimum atomic E-state index is -3.40. The van der Waals surface area contributed by atoms with Gasteiger partial charge in [-0.3, -0.25) is 14.4 Å². The number of ketones is 3. The first-order valence-electron chi connectivity index (χ1n) is 9.31. The third-order valence-corrected chi connectivity index (χ3v) is 5.68. The molecule has 0 spiro atoms. The summed E-state index contributed by atoms with van der Waals surface area (Å²) in [5.74, 6) is -14.6. The second-order valence-corrected chi connectivity index (χ2v) is 8.29. The van der Waals surface area contributed by atoms with Crippen LogP contribution in [0.15, 0.2) is 6.07 Å². The van der Waals surface area contributed by atoms with Crippen molar-refractivity contribution in [2.45, 2.75) is 51.6 Å². The molecule has 0 saturated heterocycles. The van der Waals surface area contributed by atoms with Crippen molar-refractivity contribution in [2.75, 3.05) is 0 Å². The SMILES string of the molecule is CC(C)C(=O)c1cc(O)c(O)c2c1C1C(C(=O)C(C)C)CC(=O)C(O)(O)C1(O)O2. The summed E-state index contributed by atoms with van der Waals surface area (Å²) < 4.78 is 5.25. The van der Waals surface area contributed by atoms with Crippen LogP contribution in [0, 0.1) is 17.8 Å². The summed E-state index contributed by atoms with van der Waals surface area (Å²) in [5.41, 5.74) is -0.279. The number of rotatable bonds is 4. The van der Waals surface area contributed by atoms with Crippen LogP contribution in [0.2, 0.25) is 0 Å². The predicted molar refractivity (Wildman–Crippen MR) is 97.4 cm³/mol. The number of carbonyl (C=O) groups is 3. The molecule has 0 amide bonds. The summed E-state index contributed by atoms with van der Waals surface area (Å²) in [5, 5.41) is 52.1. The molecule has 1 aromatic rings. The molecule has 158 valence electrons. The molecule has 9 heteroatoms. The molecule has 1 aromatic carbocycles. The lowest BCUT2D eigenvalue weighted by atomic mass is 9.65. The van der Waals surface area contributed by atoms with Crippen LogP contribution in [0.1, 0.15) is 56.0 Å². The highest BCUT2D eigenvalue weighted by molar-refractivity contribution is 6.02. The van der Waals surface area contributed by atoms with E-state index < -0.39 is 76.3 Å². The Kier molecular flexibility index (Phi) is 4.77. The van der Waals surface area contributed by atoms with E-state index in [1.807, 2.05) is 0 Å². The highest BCUT2D eigenvalue weighted by Gasteiger charge is 2.71. The second-order valence-electron chi connectivity index (χ2n) is 8.29. The Labute approximate surface area is 166 Å². The summed E-state index contributed by atoms with van der Waals surface area (Å²) in [6, 6.07) is 0.982. The number of phenols is 2. The molecule has 0 radical (unpaired) electrons. The number of phenolic OH excluding ortho intramolecular Hbond substituents is 2. The first kappa shape index (κ1) is 21.2. The third-order valence-electron chi connectivity index (χ3n) is 5.68. The molecule has 3 rings (SSSR count). The van der Waals surface area contributed by atoms with Crippen molar-refractivity contribution in [1.82, 2.24) is 0 Å². The Morgan fingerprint density at radius 2 is 1.69 bits per heavy atom. The smallest absolute Gasteiger partial charge is 0.292 e. The van der Waals surface area contributed by atoms with Crippen molar-refractivity contribution in [3.63, 3.8) is 0 Å². The van der Waals surface area contributed by atoms with Crippen molar-refractivity contribution < 1.29 is 44.7 Å². The van der Waals surface area contributed by atoms with E-state index in [0.29, 0.717) is 0 Å². The van der Waals surface area contributed by atoms with E-state index in [4.69, 9.17) is 4.74 Å². The highest BCUT2D eigenvalue weighted by atomic mass is 16.7. The van der Waals surface area contributed by atoms with Crippen molar-refractivity contribution in [2.24, 2.45) is 17.8 Å². The Morgan fingerprint density at radius 3 is 2.21 bits per heavy atom. The van der Waals surface area contributed by atoms with E-state index in [1.165, 1.54) is 0 Å². The molecule has 5 N–H and O–H groups in total. The lowest BCUT2D eigenvalue weighted by molar-refractivity contribution is -0.336. The van der Waals surface area contributed by atoms with Gasteiger partial charge in [0, 0.05) is 35.3 Å². The maximum atomic E-state index is 12.8. The van der Waals surface area contributed by atoms with E-state index in [9.17, 15) is 39.9 Å². The van der Waals surface area contributed by atoms with Gasteiger partial charge in [0.1, 0.15) is 5.78 Å². The number of Topliss-reactive ketones (excluding diaryl/α,β-unsaturated/α-hetero) is 3. The van der Waals surface area contributed by atoms with Gasteiger partial charge in [-0.25, -0.2) is 0 Å². The number of ether oxygens (including phenoxy) is 1. The van der Waals surface area contributed by atoms with Crippen molar-refractivity contribution >= 4 is 17.3 Å². The molecule has 9 nitrogen and oxygen atoms in total. The maximum Gasteiger partial charge on any atom is 0.292 e. The molecule has 3 atom stereocenters. The van der Waals surface area contributed by atoms with Gasteiger partial charge in [0.15, 0.2) is 23.1 Å². The standard InChI is InChI=1S/C20H24O9/c1-7(2)15(23)9-5-11(21)17(25)18-13(9)14-10(16(24)8(3)4)6-12(22)19(26,27)20(14,28)29-18/h5,7-8,10,14,21,25-28H,6H2,1-4H3. The zero-order valence-electron chi connectivity index (χ0n) is 16.5. The summed E-state index contributed by atoms with van der Waals surface area (Å²) in [4.78, 5) is 38.0. The highest BCUT2D eigenvalue weighted by Crippen LogP contribution is 2.60. The van der Waals surface area contributed by atoms with Gasteiger partial charge < -0.3 is 30.3 Å². The van der Waals surface area contributed by atoms with E-state index in [0.717, 1.165) is 6.07 Å². The monoisotopic (exact) mass is 408 g/mol. The van der Waals surface area contributed by atoms with Crippen LogP contribution in [0.5, 0.6) is 17.2 Å². The van der Waals surface area contributed by atoms with Gasteiger partial charge in [-0.2, -0.15) is 0 Å². The first-order valence-corrected chi connectivity index (χ1v) is 9.31. The minimum Gasteiger partial charge on any atom is -0.504 e. The molecule has 1 aliphatic heterocycles. The minimum absolute atomic E-state index is 0.138. The molecule has 0 bridgehead atoms. The van der Waals surface area contributed by atoms with Gasteiger partial charge in [0.25, 0.3) is 11.6 Å². The molecule has 1 heterocycles. The van der Waals surface area contributed by atoms with Gasteiger partial charge in [-0.15, -0.1) is 0 Å². The number of fused-ring (bicyclic) bond motifs is 3. The van der Waals surface area contributed by atoms with Gasteiger partial charge in [-0.1, -0.05) is 27.7 Å². The molecule has 1 saturated carbocycles. The van der Waals surface area contributed by atoms with Crippen LogP contribution in [-0.4, -0.2) is 54.5 Å². The van der Waals surface area contributed by atoms with Crippen LogP contribution in [0.4, 0.5) is 0 Å². The van der Waals surface area contributed by atoms with Crippen molar-refractivity contribution in [1.29, 1.82) is 0 Å². The topological polar surface area (TPSA) is 162 Å². The van der Waals surface area contributed by atoms with Crippen LogP contribution >= 0.6 is 0 Å². The van der Waals surface area contributed by atoms with Gasteiger partial charge in [0.2, 0.25) is 5.75 Å². The maximum absolute atomic E-state index is 12.8. The lowest BCUT2D eigenvalue weighted by Crippen LogP contribution is -2.69. The third kappa shape index (κ3) is 2.76. The average molecular weight is 408 g/mol. The number of benzene rings is 1. The molecule has 1 fully saturated rings. The second kappa shape index (κ2) is 6.51. The average Bonchev–Trinajstić information content (AvgIpc) is 2.95. The molecular formula is C20H24O9. The summed E-state index contributed by atoms with van der Waals surface area (Å²) in [6.45, 7) is 6.34. The van der Waals surface area contributed by atoms with Crippen LogP contribution in [0.25, 0.3) is 0 Å². The molecule has 29 heavy (non-hydrogen) atoms. The zero-order valence-corrected chi connectivity index (χ0v) is 16.5. The number of carbonyl (C=O) groups excluding carboxylic acids is 3. The van der Waals surface area contributed by atoms with Crippen LogP contribution in [0.3, 0.4) is 0 Å². The molecule has 3 unspecified atom stereocenters. The fourth-order valence-electron chi connectivity index (χ4n) is 4.11. The first-order chi connectivity index (χ1) is 13.3. The Bertz CT molecular complexity index is 915. The molecule has 0 aromatic heterocycles. The lowest BCUT2D eigenvalue weighted by Gasteiger charge is -2.45. The van der Waals surface area contributed by atoms with Gasteiger partial charge in [0.05, 0.1) is 5.92 Å². The zero-order chi connectivity index (χ0) is 22.0. The summed E-state index contributed by atoms with van der Waals surface area (Å²) in [7, 11) is 0.